The third kappa shape index (κ3) is 3.71. The van der Waals surface area contributed by atoms with Crippen LogP contribution in [0, 0.1) is 0 Å². The van der Waals surface area contributed by atoms with Crippen molar-refractivity contribution in [2.24, 2.45) is 10.2 Å². The number of nitrogens with zero attached hydrogens (tertiary/aromatic N) is 4. The number of para-hydroxylation sites is 1. The molecule has 2 heterocycles. The summed E-state index contributed by atoms with van der Waals surface area (Å²) in [4.78, 5) is 4.74. The fourth-order valence-electron chi connectivity index (χ4n) is 2.58. The maximum atomic E-state index is 5.82. The fourth-order valence-corrected chi connectivity index (χ4v) is 2.58. The van der Waals surface area contributed by atoms with Gasteiger partial charge in [-0.2, -0.15) is 0 Å². The van der Waals surface area contributed by atoms with Crippen LogP contribution < -0.4 is 4.74 Å². The van der Waals surface area contributed by atoms with E-state index in [1.807, 2.05) is 66.9 Å². The number of pyridine rings is 1. The summed E-state index contributed by atoms with van der Waals surface area (Å²) < 4.78 is 7.79. The fraction of sp³-hybridized carbons (Fsp3) is 0.350. The van der Waals surface area contributed by atoms with Crippen LogP contribution in [-0.4, -0.2) is 15.5 Å². The zero-order valence-electron chi connectivity index (χ0n) is 15.4. The number of ether oxygens (including phenoxy) is 1. The first-order valence-corrected chi connectivity index (χ1v) is 8.51. The van der Waals surface area contributed by atoms with E-state index in [0.717, 1.165) is 22.9 Å². The number of benzene rings is 1. The molecule has 0 aliphatic carbocycles. The lowest BCUT2D eigenvalue weighted by Gasteiger charge is -2.15. The van der Waals surface area contributed by atoms with Crippen LogP contribution in [0.15, 0.2) is 58.9 Å². The van der Waals surface area contributed by atoms with Crippen LogP contribution in [0.5, 0.6) is 5.75 Å². The van der Waals surface area contributed by atoms with Gasteiger partial charge < -0.3 is 4.74 Å². The average molecular weight is 336 g/mol. The third-order valence-corrected chi connectivity index (χ3v) is 3.70. The van der Waals surface area contributed by atoms with Crippen LogP contribution in [0.3, 0.4) is 0 Å². The molecule has 3 aromatic rings. The number of hydrogen-bond donors (Lipinski definition) is 0. The Labute approximate surface area is 148 Å². The van der Waals surface area contributed by atoms with Gasteiger partial charge in [0, 0.05) is 11.6 Å². The first kappa shape index (κ1) is 17.1. The second kappa shape index (κ2) is 6.67. The Balaban J connectivity index is 2.08. The van der Waals surface area contributed by atoms with Gasteiger partial charge >= 0.3 is 0 Å². The molecule has 0 atom stereocenters. The van der Waals surface area contributed by atoms with Crippen molar-refractivity contribution in [2.45, 2.75) is 46.1 Å². The van der Waals surface area contributed by atoms with Gasteiger partial charge in [0.1, 0.15) is 17.1 Å². The predicted octanol–water partition coefficient (Wildman–Crippen LogP) is 5.83. The minimum absolute atomic E-state index is 0.0808. The first-order chi connectivity index (χ1) is 11.9. The summed E-state index contributed by atoms with van der Waals surface area (Å²) in [6.07, 6.45) is 2.04. The van der Waals surface area contributed by atoms with Gasteiger partial charge in [-0.05, 0) is 38.1 Å². The molecule has 3 rings (SSSR count). The molecule has 0 aliphatic heterocycles. The summed E-state index contributed by atoms with van der Waals surface area (Å²) in [7, 11) is 0. The summed E-state index contributed by atoms with van der Waals surface area (Å²) in [5, 5.41) is 9.01. The van der Waals surface area contributed by atoms with E-state index in [-0.39, 0.29) is 11.5 Å². The predicted molar refractivity (Wildman–Crippen MR) is 100 cm³/mol. The van der Waals surface area contributed by atoms with Gasteiger partial charge in [0.25, 0.3) is 0 Å². The maximum Gasteiger partial charge on any atom is 0.183 e. The molecular weight excluding hydrogens is 312 g/mol. The molecule has 0 bridgehead atoms. The van der Waals surface area contributed by atoms with Crippen molar-refractivity contribution < 1.29 is 4.74 Å². The summed E-state index contributed by atoms with van der Waals surface area (Å²) >= 11 is 0. The molecule has 25 heavy (non-hydrogen) atoms. The van der Waals surface area contributed by atoms with Crippen LogP contribution in [0.1, 0.15) is 40.3 Å². The molecule has 0 fully saturated rings. The van der Waals surface area contributed by atoms with Crippen molar-refractivity contribution in [3.8, 4) is 5.75 Å². The third-order valence-electron chi connectivity index (χ3n) is 3.70. The smallest absolute Gasteiger partial charge is 0.183 e. The van der Waals surface area contributed by atoms with Crippen LogP contribution >= 0.6 is 0 Å². The Morgan fingerprint density at radius 1 is 1.00 bits per heavy atom. The van der Waals surface area contributed by atoms with E-state index in [4.69, 9.17) is 9.72 Å². The minimum Gasteiger partial charge on any atom is -0.489 e. The Bertz CT molecular complexity index is 903. The SMILES string of the molecule is CC(C)Oc1ccccc1N=Nc1c(C(C)(C)C)nc2ccccn12. The monoisotopic (exact) mass is 336 g/mol. The van der Waals surface area contributed by atoms with Gasteiger partial charge in [0.05, 0.1) is 11.8 Å². The minimum atomic E-state index is -0.131. The van der Waals surface area contributed by atoms with Gasteiger partial charge in [-0.3, -0.25) is 4.40 Å². The van der Waals surface area contributed by atoms with Gasteiger partial charge in [0.2, 0.25) is 0 Å². The molecule has 2 aromatic heterocycles. The lowest BCUT2D eigenvalue weighted by Crippen LogP contribution is -2.11. The van der Waals surface area contributed by atoms with Crippen molar-refractivity contribution in [1.29, 1.82) is 0 Å². The number of hydrogen-bond acceptors (Lipinski definition) is 4. The topological polar surface area (TPSA) is 51.2 Å². The molecule has 130 valence electrons. The van der Waals surface area contributed by atoms with E-state index in [1.54, 1.807) is 0 Å². The van der Waals surface area contributed by atoms with E-state index in [0.29, 0.717) is 5.69 Å². The molecule has 0 saturated carbocycles. The van der Waals surface area contributed by atoms with E-state index in [9.17, 15) is 0 Å². The lowest BCUT2D eigenvalue weighted by atomic mass is 9.92. The highest BCUT2D eigenvalue weighted by Crippen LogP contribution is 2.34. The van der Waals surface area contributed by atoms with Crippen molar-refractivity contribution in [3.63, 3.8) is 0 Å². The Morgan fingerprint density at radius 3 is 2.44 bits per heavy atom. The van der Waals surface area contributed by atoms with Crippen molar-refractivity contribution in [2.75, 3.05) is 0 Å². The lowest BCUT2D eigenvalue weighted by molar-refractivity contribution is 0.243. The highest BCUT2D eigenvalue weighted by atomic mass is 16.5. The highest BCUT2D eigenvalue weighted by molar-refractivity contribution is 5.55. The molecule has 0 N–H and O–H groups in total. The Morgan fingerprint density at radius 2 is 1.72 bits per heavy atom. The number of rotatable bonds is 4. The molecule has 0 amide bonds. The number of aromatic nitrogens is 2. The Hall–Kier alpha value is -2.69. The molecule has 0 radical (unpaired) electrons. The van der Waals surface area contributed by atoms with Gasteiger partial charge in [0.15, 0.2) is 5.82 Å². The average Bonchev–Trinajstić information content (AvgIpc) is 2.92. The van der Waals surface area contributed by atoms with Crippen LogP contribution in [0.4, 0.5) is 11.5 Å². The molecule has 5 nitrogen and oxygen atoms in total. The van der Waals surface area contributed by atoms with Crippen LogP contribution in [0.25, 0.3) is 5.65 Å². The Kier molecular flexibility index (Phi) is 4.57. The first-order valence-electron chi connectivity index (χ1n) is 8.51. The van der Waals surface area contributed by atoms with Gasteiger partial charge in [-0.15, -0.1) is 10.2 Å². The maximum absolute atomic E-state index is 5.82. The van der Waals surface area contributed by atoms with E-state index < -0.39 is 0 Å². The van der Waals surface area contributed by atoms with Gasteiger partial charge in [-0.25, -0.2) is 4.98 Å². The van der Waals surface area contributed by atoms with E-state index >= 15 is 0 Å². The summed E-state index contributed by atoms with van der Waals surface area (Å²) in [6.45, 7) is 10.4. The summed E-state index contributed by atoms with van der Waals surface area (Å²) in [5.41, 5.74) is 2.37. The van der Waals surface area contributed by atoms with Crippen LogP contribution in [-0.2, 0) is 5.41 Å². The number of fused-ring (bicyclic) bond motifs is 1. The number of imidazole rings is 1. The van der Waals surface area contributed by atoms with Crippen molar-refractivity contribution in [1.82, 2.24) is 9.38 Å². The second-order valence-electron chi connectivity index (χ2n) is 7.30. The highest BCUT2D eigenvalue weighted by Gasteiger charge is 2.24. The van der Waals surface area contributed by atoms with Gasteiger partial charge in [-0.1, -0.05) is 39.0 Å². The van der Waals surface area contributed by atoms with Crippen molar-refractivity contribution >= 4 is 17.2 Å². The molecule has 1 aromatic carbocycles. The molecule has 0 unspecified atom stereocenters. The molecule has 0 aliphatic rings. The van der Waals surface area contributed by atoms with Crippen molar-refractivity contribution in [3.05, 3.63) is 54.4 Å². The number of azo groups is 1. The normalized spacial score (nSPS) is 12.4. The molecular formula is C20H24N4O. The summed E-state index contributed by atoms with van der Waals surface area (Å²) in [5.74, 6) is 1.48. The molecule has 0 saturated heterocycles. The largest absolute Gasteiger partial charge is 0.489 e. The van der Waals surface area contributed by atoms with Crippen LogP contribution in [0.2, 0.25) is 0 Å². The quantitative estimate of drug-likeness (QED) is 0.562. The van der Waals surface area contributed by atoms with E-state index in [1.165, 1.54) is 0 Å². The molecule has 5 heteroatoms. The van der Waals surface area contributed by atoms with E-state index in [2.05, 4.69) is 31.0 Å². The standard InChI is InChI=1S/C20H24N4O/c1-14(2)25-16-11-7-6-10-15(16)22-23-19-18(20(3,4)5)21-17-12-8-9-13-24(17)19/h6-14H,1-5H3. The zero-order valence-corrected chi connectivity index (χ0v) is 15.4. The zero-order chi connectivity index (χ0) is 18.0. The second-order valence-corrected chi connectivity index (χ2v) is 7.30. The summed E-state index contributed by atoms with van der Waals surface area (Å²) in [6, 6.07) is 13.6. The molecule has 0 spiro atoms.